The van der Waals surface area contributed by atoms with Crippen molar-refractivity contribution in [2.75, 3.05) is 12.4 Å². The average molecular weight is 242 g/mol. The van der Waals surface area contributed by atoms with Gasteiger partial charge in [0.25, 0.3) is 5.91 Å². The number of aromatic nitrogens is 1. The van der Waals surface area contributed by atoms with Gasteiger partial charge in [-0.3, -0.25) is 9.78 Å². The van der Waals surface area contributed by atoms with Crippen molar-refractivity contribution in [2.45, 2.75) is 6.92 Å². The molecule has 0 bridgehead atoms. The lowest BCUT2D eigenvalue weighted by Crippen LogP contribution is -2.14. The molecule has 0 aliphatic heterocycles. The molecule has 0 radical (unpaired) electrons. The fraction of sp³-hybridized carbons (Fsp3) is 0.143. The fourth-order valence-corrected chi connectivity index (χ4v) is 1.59. The topological polar surface area (TPSA) is 51.2 Å². The number of aryl methyl sites for hydroxylation is 1. The van der Waals surface area contributed by atoms with Crippen LogP contribution < -0.4 is 10.1 Å². The van der Waals surface area contributed by atoms with Crippen molar-refractivity contribution in [3.63, 3.8) is 0 Å². The van der Waals surface area contributed by atoms with Crippen molar-refractivity contribution in [1.29, 1.82) is 0 Å². The van der Waals surface area contributed by atoms with Crippen molar-refractivity contribution < 1.29 is 9.53 Å². The Kier molecular flexibility index (Phi) is 3.57. The number of para-hydroxylation sites is 2. The van der Waals surface area contributed by atoms with Gasteiger partial charge in [0.2, 0.25) is 0 Å². The highest BCUT2D eigenvalue weighted by Gasteiger charge is 2.10. The zero-order valence-electron chi connectivity index (χ0n) is 10.3. The summed E-state index contributed by atoms with van der Waals surface area (Å²) in [6.07, 6.45) is 1.62. The second-order valence-corrected chi connectivity index (χ2v) is 3.87. The van der Waals surface area contributed by atoms with Gasteiger partial charge in [0.15, 0.2) is 0 Å². The molecule has 1 aromatic heterocycles. The van der Waals surface area contributed by atoms with Gasteiger partial charge in [-0.2, -0.15) is 0 Å². The van der Waals surface area contributed by atoms with E-state index in [1.165, 1.54) is 0 Å². The molecule has 4 nitrogen and oxygen atoms in total. The Balaban J connectivity index is 2.21. The Hall–Kier alpha value is -2.36. The molecule has 92 valence electrons. The molecule has 1 aromatic carbocycles. The van der Waals surface area contributed by atoms with Crippen molar-refractivity contribution in [3.8, 4) is 5.75 Å². The number of pyridine rings is 1. The SMILES string of the molecule is COc1ccccc1NC(=O)c1cc(C)ccn1. The molecule has 0 aliphatic rings. The fourth-order valence-electron chi connectivity index (χ4n) is 1.59. The first-order valence-corrected chi connectivity index (χ1v) is 5.58. The van der Waals surface area contributed by atoms with E-state index in [1.54, 1.807) is 31.5 Å². The van der Waals surface area contributed by atoms with Gasteiger partial charge in [-0.05, 0) is 36.8 Å². The van der Waals surface area contributed by atoms with Crippen LogP contribution in [-0.2, 0) is 0 Å². The van der Waals surface area contributed by atoms with E-state index in [9.17, 15) is 4.79 Å². The maximum Gasteiger partial charge on any atom is 0.274 e. The van der Waals surface area contributed by atoms with Crippen LogP contribution in [0.2, 0.25) is 0 Å². The van der Waals surface area contributed by atoms with Crippen LogP contribution in [0.25, 0.3) is 0 Å². The van der Waals surface area contributed by atoms with E-state index in [0.717, 1.165) is 5.56 Å². The molecule has 18 heavy (non-hydrogen) atoms. The van der Waals surface area contributed by atoms with E-state index >= 15 is 0 Å². The van der Waals surface area contributed by atoms with E-state index < -0.39 is 0 Å². The molecule has 1 N–H and O–H groups in total. The van der Waals surface area contributed by atoms with Crippen LogP contribution in [0.1, 0.15) is 16.1 Å². The van der Waals surface area contributed by atoms with Gasteiger partial charge < -0.3 is 10.1 Å². The predicted molar refractivity (Wildman–Crippen MR) is 69.9 cm³/mol. The molecule has 1 amide bonds. The minimum Gasteiger partial charge on any atom is -0.495 e. The van der Waals surface area contributed by atoms with E-state index in [-0.39, 0.29) is 5.91 Å². The molecule has 0 unspecified atom stereocenters. The Morgan fingerprint density at radius 2 is 2.06 bits per heavy atom. The van der Waals surface area contributed by atoms with Gasteiger partial charge in [0.1, 0.15) is 11.4 Å². The summed E-state index contributed by atoms with van der Waals surface area (Å²) in [5.74, 6) is 0.377. The molecule has 0 saturated carbocycles. The maximum atomic E-state index is 12.0. The molecule has 0 fully saturated rings. The molecular formula is C14H14N2O2. The zero-order valence-corrected chi connectivity index (χ0v) is 10.3. The van der Waals surface area contributed by atoms with E-state index in [2.05, 4.69) is 10.3 Å². The molecular weight excluding hydrogens is 228 g/mol. The first kappa shape index (κ1) is 12.1. The van der Waals surface area contributed by atoms with E-state index in [4.69, 9.17) is 4.74 Å². The number of amides is 1. The molecule has 4 heteroatoms. The minimum atomic E-state index is -0.247. The maximum absolute atomic E-state index is 12.0. The summed E-state index contributed by atoms with van der Waals surface area (Å²) in [6.45, 7) is 1.92. The third-order valence-corrected chi connectivity index (χ3v) is 2.50. The average Bonchev–Trinajstić information content (AvgIpc) is 2.39. The summed E-state index contributed by atoms with van der Waals surface area (Å²) in [5.41, 5.74) is 2.02. The first-order chi connectivity index (χ1) is 8.70. The Bertz CT molecular complexity index is 567. The van der Waals surface area contributed by atoms with Crippen molar-refractivity contribution >= 4 is 11.6 Å². The van der Waals surface area contributed by atoms with E-state index in [0.29, 0.717) is 17.1 Å². The van der Waals surface area contributed by atoms with Gasteiger partial charge in [-0.1, -0.05) is 12.1 Å². The minimum absolute atomic E-state index is 0.247. The summed E-state index contributed by atoms with van der Waals surface area (Å²) < 4.78 is 5.17. The van der Waals surface area contributed by atoms with Crippen molar-refractivity contribution in [1.82, 2.24) is 4.98 Å². The largest absolute Gasteiger partial charge is 0.495 e. The summed E-state index contributed by atoms with van der Waals surface area (Å²) in [4.78, 5) is 16.0. The highest BCUT2D eigenvalue weighted by molar-refractivity contribution is 6.03. The second kappa shape index (κ2) is 5.31. The lowest BCUT2D eigenvalue weighted by Gasteiger charge is -2.09. The Morgan fingerprint density at radius 3 is 2.78 bits per heavy atom. The number of ether oxygens (including phenoxy) is 1. The Labute approximate surface area is 106 Å². The first-order valence-electron chi connectivity index (χ1n) is 5.58. The standard InChI is InChI=1S/C14H14N2O2/c1-10-7-8-15-12(9-10)14(17)16-11-5-3-4-6-13(11)18-2/h3-9H,1-2H3,(H,16,17). The van der Waals surface area contributed by atoms with Crippen LogP contribution in [0.3, 0.4) is 0 Å². The number of hydrogen-bond donors (Lipinski definition) is 1. The summed E-state index contributed by atoms with van der Waals surface area (Å²) >= 11 is 0. The molecule has 0 aliphatic carbocycles. The van der Waals surface area contributed by atoms with Gasteiger partial charge in [0, 0.05) is 6.20 Å². The number of methoxy groups -OCH3 is 1. The molecule has 0 atom stereocenters. The van der Waals surface area contributed by atoms with Gasteiger partial charge >= 0.3 is 0 Å². The number of benzene rings is 1. The van der Waals surface area contributed by atoms with E-state index in [1.807, 2.05) is 25.1 Å². The van der Waals surface area contributed by atoms with Crippen LogP contribution in [0, 0.1) is 6.92 Å². The number of rotatable bonds is 3. The van der Waals surface area contributed by atoms with Crippen LogP contribution in [0.4, 0.5) is 5.69 Å². The highest BCUT2D eigenvalue weighted by atomic mass is 16.5. The number of carbonyl (C=O) groups excluding carboxylic acids is 1. The number of nitrogens with zero attached hydrogens (tertiary/aromatic N) is 1. The monoisotopic (exact) mass is 242 g/mol. The third-order valence-electron chi connectivity index (χ3n) is 2.50. The lowest BCUT2D eigenvalue weighted by molar-refractivity contribution is 0.102. The number of hydrogen-bond acceptors (Lipinski definition) is 3. The molecule has 2 rings (SSSR count). The second-order valence-electron chi connectivity index (χ2n) is 3.87. The molecule has 0 spiro atoms. The smallest absolute Gasteiger partial charge is 0.274 e. The van der Waals surface area contributed by atoms with Gasteiger partial charge in [-0.15, -0.1) is 0 Å². The third kappa shape index (κ3) is 2.66. The summed E-state index contributed by atoms with van der Waals surface area (Å²) in [7, 11) is 1.57. The number of anilines is 1. The number of carbonyl (C=O) groups is 1. The van der Waals surface area contributed by atoms with Crippen LogP contribution in [-0.4, -0.2) is 18.0 Å². The Morgan fingerprint density at radius 1 is 1.28 bits per heavy atom. The highest BCUT2D eigenvalue weighted by Crippen LogP contribution is 2.23. The normalized spacial score (nSPS) is 9.89. The van der Waals surface area contributed by atoms with Gasteiger partial charge in [-0.25, -0.2) is 0 Å². The molecule has 0 saturated heterocycles. The van der Waals surface area contributed by atoms with Crippen LogP contribution >= 0.6 is 0 Å². The number of nitrogens with one attached hydrogen (secondary N) is 1. The summed E-state index contributed by atoms with van der Waals surface area (Å²) in [5, 5.41) is 2.78. The lowest BCUT2D eigenvalue weighted by atomic mass is 10.2. The molecule has 2 aromatic rings. The van der Waals surface area contributed by atoms with Crippen molar-refractivity contribution in [3.05, 3.63) is 53.9 Å². The summed E-state index contributed by atoms with van der Waals surface area (Å²) in [6, 6.07) is 10.8. The predicted octanol–water partition coefficient (Wildman–Crippen LogP) is 2.65. The van der Waals surface area contributed by atoms with Crippen LogP contribution in [0.15, 0.2) is 42.6 Å². The molecule has 1 heterocycles. The zero-order chi connectivity index (χ0) is 13.0. The van der Waals surface area contributed by atoms with Crippen LogP contribution in [0.5, 0.6) is 5.75 Å². The quantitative estimate of drug-likeness (QED) is 0.900. The van der Waals surface area contributed by atoms with Crippen molar-refractivity contribution in [2.24, 2.45) is 0 Å². The van der Waals surface area contributed by atoms with Gasteiger partial charge in [0.05, 0.1) is 12.8 Å².